The van der Waals surface area contributed by atoms with E-state index in [0.717, 1.165) is 11.3 Å². The molecule has 0 saturated heterocycles. The van der Waals surface area contributed by atoms with Crippen LogP contribution in [0.5, 0.6) is 0 Å². The van der Waals surface area contributed by atoms with Gasteiger partial charge in [-0.1, -0.05) is 23.7 Å². The van der Waals surface area contributed by atoms with Gasteiger partial charge in [0.15, 0.2) is 0 Å². The van der Waals surface area contributed by atoms with Gasteiger partial charge in [-0.2, -0.15) is 0 Å². The van der Waals surface area contributed by atoms with Crippen molar-refractivity contribution in [1.82, 2.24) is 0 Å². The summed E-state index contributed by atoms with van der Waals surface area (Å²) in [6.07, 6.45) is 0.581. The average molecular weight is 293 g/mol. The van der Waals surface area contributed by atoms with E-state index < -0.39 is 4.92 Å². The first-order chi connectivity index (χ1) is 9.60. The van der Waals surface area contributed by atoms with E-state index in [9.17, 15) is 10.1 Å². The second-order valence-corrected chi connectivity index (χ2v) is 4.65. The van der Waals surface area contributed by atoms with Crippen molar-refractivity contribution in [2.75, 3.05) is 11.9 Å². The minimum atomic E-state index is -0.460. The highest BCUT2D eigenvalue weighted by Crippen LogP contribution is 2.30. The third-order valence-corrected chi connectivity index (χ3v) is 3.02. The molecule has 0 unspecified atom stereocenters. The molecule has 0 aliphatic carbocycles. The first-order valence-electron chi connectivity index (χ1n) is 6.01. The minimum Gasteiger partial charge on any atom is -0.396 e. The fraction of sp³-hybridized carbons (Fsp3) is 0.143. The second kappa shape index (κ2) is 6.36. The maximum absolute atomic E-state index is 11.0. The van der Waals surface area contributed by atoms with Crippen LogP contribution in [0.15, 0.2) is 42.5 Å². The number of aliphatic hydroxyl groups is 1. The summed E-state index contributed by atoms with van der Waals surface area (Å²) in [5, 5.41) is 23.2. The topological polar surface area (TPSA) is 75.4 Å². The molecule has 2 aromatic carbocycles. The monoisotopic (exact) mass is 292 g/mol. The molecular formula is C14H13ClN2O3. The van der Waals surface area contributed by atoms with Gasteiger partial charge in [0, 0.05) is 23.4 Å². The van der Waals surface area contributed by atoms with Crippen LogP contribution >= 0.6 is 11.6 Å². The normalized spacial score (nSPS) is 10.3. The SMILES string of the molecule is O=[N+]([O-])c1ccc(Cl)cc1Nc1ccc(CCO)cc1. The van der Waals surface area contributed by atoms with Crippen molar-refractivity contribution in [3.05, 3.63) is 63.2 Å². The molecule has 0 aromatic heterocycles. The number of halogens is 1. The molecule has 0 amide bonds. The van der Waals surface area contributed by atoms with Crippen molar-refractivity contribution < 1.29 is 10.0 Å². The predicted molar refractivity (Wildman–Crippen MR) is 78.6 cm³/mol. The smallest absolute Gasteiger partial charge is 0.292 e. The Hall–Kier alpha value is -2.11. The van der Waals surface area contributed by atoms with Gasteiger partial charge >= 0.3 is 0 Å². The highest BCUT2D eigenvalue weighted by molar-refractivity contribution is 6.31. The molecule has 0 fully saturated rings. The zero-order chi connectivity index (χ0) is 14.5. The summed E-state index contributed by atoms with van der Waals surface area (Å²) in [5.41, 5.74) is 2.03. The first-order valence-corrected chi connectivity index (χ1v) is 6.38. The summed E-state index contributed by atoms with van der Waals surface area (Å²) in [7, 11) is 0. The quantitative estimate of drug-likeness (QED) is 0.653. The van der Waals surface area contributed by atoms with Crippen LogP contribution in [0.3, 0.4) is 0 Å². The van der Waals surface area contributed by atoms with Gasteiger partial charge in [0.2, 0.25) is 0 Å². The molecule has 20 heavy (non-hydrogen) atoms. The van der Waals surface area contributed by atoms with Gasteiger partial charge < -0.3 is 10.4 Å². The maximum atomic E-state index is 11.0. The van der Waals surface area contributed by atoms with E-state index in [4.69, 9.17) is 16.7 Å². The van der Waals surface area contributed by atoms with Gasteiger partial charge in [-0.25, -0.2) is 0 Å². The van der Waals surface area contributed by atoms with E-state index in [2.05, 4.69) is 5.32 Å². The molecule has 6 heteroatoms. The predicted octanol–water partition coefficient (Wildman–Crippen LogP) is 3.53. The Balaban J connectivity index is 2.25. The van der Waals surface area contributed by atoms with Crippen LogP contribution in [0.25, 0.3) is 0 Å². The van der Waals surface area contributed by atoms with Crippen LogP contribution in [0.4, 0.5) is 17.1 Å². The molecule has 0 spiro atoms. The molecule has 2 N–H and O–H groups in total. The highest BCUT2D eigenvalue weighted by atomic mass is 35.5. The van der Waals surface area contributed by atoms with Crippen LogP contribution in [-0.4, -0.2) is 16.6 Å². The van der Waals surface area contributed by atoms with Gasteiger partial charge in [-0.15, -0.1) is 0 Å². The third kappa shape index (κ3) is 3.46. The zero-order valence-corrected chi connectivity index (χ0v) is 11.3. The molecule has 0 bridgehead atoms. The summed E-state index contributed by atoms with van der Waals surface area (Å²) < 4.78 is 0. The largest absolute Gasteiger partial charge is 0.396 e. The fourth-order valence-corrected chi connectivity index (χ4v) is 1.98. The molecule has 2 aromatic rings. The Bertz CT molecular complexity index is 614. The lowest BCUT2D eigenvalue weighted by Crippen LogP contribution is -1.97. The van der Waals surface area contributed by atoms with Gasteiger partial charge in [0.05, 0.1) is 4.92 Å². The van der Waals surface area contributed by atoms with Crippen molar-refractivity contribution in [2.24, 2.45) is 0 Å². The number of nitrogens with zero attached hydrogens (tertiary/aromatic N) is 1. The zero-order valence-electron chi connectivity index (χ0n) is 10.5. The number of hydrogen-bond donors (Lipinski definition) is 2. The molecule has 0 atom stereocenters. The number of nitrogens with one attached hydrogen (secondary N) is 1. The van der Waals surface area contributed by atoms with Crippen LogP contribution in [0.1, 0.15) is 5.56 Å². The van der Waals surface area contributed by atoms with Gasteiger partial charge in [-0.3, -0.25) is 10.1 Å². The van der Waals surface area contributed by atoms with E-state index in [-0.39, 0.29) is 12.3 Å². The second-order valence-electron chi connectivity index (χ2n) is 4.21. The van der Waals surface area contributed by atoms with E-state index in [1.807, 2.05) is 12.1 Å². The van der Waals surface area contributed by atoms with Crippen LogP contribution < -0.4 is 5.32 Å². The Morgan fingerprint density at radius 1 is 1.20 bits per heavy atom. The molecule has 2 rings (SSSR count). The molecule has 0 heterocycles. The molecule has 104 valence electrons. The van der Waals surface area contributed by atoms with Crippen LogP contribution in [-0.2, 0) is 6.42 Å². The Kier molecular flexibility index (Phi) is 4.55. The molecule has 5 nitrogen and oxygen atoms in total. The molecule has 0 aliphatic heterocycles. The lowest BCUT2D eigenvalue weighted by Gasteiger charge is -2.08. The van der Waals surface area contributed by atoms with Gasteiger partial charge in [0.1, 0.15) is 5.69 Å². The summed E-state index contributed by atoms with van der Waals surface area (Å²) in [6.45, 7) is 0.0898. The number of anilines is 2. The molecule has 0 aliphatic rings. The van der Waals surface area contributed by atoms with Crippen molar-refractivity contribution in [3.63, 3.8) is 0 Å². The molecular weight excluding hydrogens is 280 g/mol. The van der Waals surface area contributed by atoms with Crippen LogP contribution in [0.2, 0.25) is 5.02 Å². The first kappa shape index (κ1) is 14.3. The van der Waals surface area contributed by atoms with E-state index >= 15 is 0 Å². The molecule has 0 saturated carbocycles. The standard InChI is InChI=1S/C14H13ClN2O3/c15-11-3-6-14(17(19)20)13(9-11)16-12-4-1-10(2-5-12)7-8-18/h1-6,9,16,18H,7-8H2. The number of aliphatic hydroxyl groups excluding tert-OH is 1. The highest BCUT2D eigenvalue weighted by Gasteiger charge is 2.13. The number of rotatable bonds is 5. The van der Waals surface area contributed by atoms with E-state index in [1.165, 1.54) is 18.2 Å². The summed E-state index contributed by atoms with van der Waals surface area (Å²) in [6, 6.07) is 11.7. The van der Waals surface area contributed by atoms with Crippen LogP contribution in [0, 0.1) is 10.1 Å². The number of nitro benzene ring substituents is 1. The Labute approximate surface area is 121 Å². The van der Waals surface area contributed by atoms with Crippen molar-refractivity contribution in [3.8, 4) is 0 Å². The van der Waals surface area contributed by atoms with Gasteiger partial charge in [0.25, 0.3) is 5.69 Å². The number of nitro groups is 1. The molecule has 0 radical (unpaired) electrons. The van der Waals surface area contributed by atoms with Crippen molar-refractivity contribution >= 4 is 28.7 Å². The van der Waals surface area contributed by atoms with E-state index in [1.54, 1.807) is 12.1 Å². The van der Waals surface area contributed by atoms with Crippen molar-refractivity contribution in [1.29, 1.82) is 0 Å². The average Bonchev–Trinajstić information content (AvgIpc) is 2.41. The number of benzene rings is 2. The lowest BCUT2D eigenvalue weighted by molar-refractivity contribution is -0.383. The summed E-state index contributed by atoms with van der Waals surface area (Å²) >= 11 is 5.86. The Morgan fingerprint density at radius 2 is 1.90 bits per heavy atom. The number of hydrogen-bond acceptors (Lipinski definition) is 4. The lowest BCUT2D eigenvalue weighted by atomic mass is 10.1. The summed E-state index contributed by atoms with van der Waals surface area (Å²) in [4.78, 5) is 10.5. The Morgan fingerprint density at radius 3 is 2.50 bits per heavy atom. The third-order valence-electron chi connectivity index (χ3n) is 2.79. The van der Waals surface area contributed by atoms with Crippen molar-refractivity contribution in [2.45, 2.75) is 6.42 Å². The maximum Gasteiger partial charge on any atom is 0.292 e. The summed E-state index contributed by atoms with van der Waals surface area (Å²) in [5.74, 6) is 0. The minimum absolute atomic E-state index is 0.0335. The van der Waals surface area contributed by atoms with E-state index in [0.29, 0.717) is 17.1 Å². The fourth-order valence-electron chi connectivity index (χ4n) is 1.81. The van der Waals surface area contributed by atoms with Gasteiger partial charge in [-0.05, 0) is 36.2 Å².